The van der Waals surface area contributed by atoms with Gasteiger partial charge in [0.1, 0.15) is 25.1 Å². The predicted octanol–water partition coefficient (Wildman–Crippen LogP) is 3.08. The average Bonchev–Trinajstić information content (AvgIpc) is 3.08. The van der Waals surface area contributed by atoms with Gasteiger partial charge in [0.05, 0.1) is 5.69 Å². The Morgan fingerprint density at radius 3 is 2.69 bits per heavy atom. The van der Waals surface area contributed by atoms with E-state index in [1.54, 1.807) is 0 Å². The molecule has 6 heteroatoms. The minimum absolute atomic E-state index is 0.191. The van der Waals surface area contributed by atoms with Crippen molar-refractivity contribution in [3.05, 3.63) is 41.3 Å². The lowest BCUT2D eigenvalue weighted by molar-refractivity contribution is 0.160. The van der Waals surface area contributed by atoms with Crippen molar-refractivity contribution < 1.29 is 14.2 Å². The molecule has 4 heterocycles. The molecule has 26 heavy (non-hydrogen) atoms. The molecule has 0 amide bonds. The topological polar surface area (TPSA) is 56.7 Å². The number of nitrogens with zero attached hydrogens (tertiary/aromatic N) is 3. The highest BCUT2D eigenvalue weighted by Gasteiger charge is 2.29. The Balaban J connectivity index is 1.41. The molecule has 0 aliphatic carbocycles. The van der Waals surface area contributed by atoms with Gasteiger partial charge in [-0.25, -0.2) is 4.98 Å². The Kier molecular flexibility index (Phi) is 4.68. The second-order valence-corrected chi connectivity index (χ2v) is 7.02. The minimum atomic E-state index is 0.191. The van der Waals surface area contributed by atoms with E-state index in [1.807, 2.05) is 38.1 Å². The van der Waals surface area contributed by atoms with Gasteiger partial charge in [0, 0.05) is 42.7 Å². The molecule has 1 unspecified atom stereocenters. The number of aromatic nitrogens is 2. The molecule has 2 atom stereocenters. The molecule has 0 bridgehead atoms. The van der Waals surface area contributed by atoms with Crippen LogP contribution in [0.3, 0.4) is 0 Å². The Bertz CT molecular complexity index is 776. The Morgan fingerprint density at radius 2 is 1.88 bits per heavy atom. The van der Waals surface area contributed by atoms with Gasteiger partial charge >= 0.3 is 0 Å². The van der Waals surface area contributed by atoms with Crippen LogP contribution >= 0.6 is 0 Å². The van der Waals surface area contributed by atoms with Crippen LogP contribution in [0.25, 0.3) is 0 Å². The van der Waals surface area contributed by atoms with Gasteiger partial charge in [0.2, 0.25) is 0 Å². The van der Waals surface area contributed by atoms with Crippen LogP contribution < -0.4 is 14.2 Å². The lowest BCUT2D eigenvalue weighted by atomic mass is 10.2. The second kappa shape index (κ2) is 7.11. The smallest absolute Gasteiger partial charge is 0.257 e. The lowest BCUT2D eigenvalue weighted by Crippen LogP contribution is -2.28. The fourth-order valence-corrected chi connectivity index (χ4v) is 3.62. The Morgan fingerprint density at radius 1 is 1.12 bits per heavy atom. The van der Waals surface area contributed by atoms with Crippen LogP contribution in [-0.4, -0.2) is 47.3 Å². The third-order valence-electron chi connectivity index (χ3n) is 4.94. The number of aryl methyl sites for hydroxylation is 2. The average molecular weight is 355 g/mol. The maximum absolute atomic E-state index is 6.20. The normalized spacial score (nSPS) is 20.8. The largest absolute Gasteiger partial charge is 0.489 e. The van der Waals surface area contributed by atoms with E-state index >= 15 is 0 Å². The Hall–Kier alpha value is -2.34. The predicted molar refractivity (Wildman–Crippen MR) is 98.0 cm³/mol. The van der Waals surface area contributed by atoms with E-state index in [2.05, 4.69) is 21.8 Å². The molecule has 1 saturated heterocycles. The fourth-order valence-electron chi connectivity index (χ4n) is 3.62. The summed E-state index contributed by atoms with van der Waals surface area (Å²) in [5, 5.41) is 0. The molecule has 0 spiro atoms. The summed E-state index contributed by atoms with van der Waals surface area (Å²) >= 11 is 0. The van der Waals surface area contributed by atoms with Gasteiger partial charge in [0.15, 0.2) is 5.75 Å². The van der Waals surface area contributed by atoms with Crippen LogP contribution in [-0.2, 0) is 0 Å². The standard InChI is InChI=1S/C20H25N3O3/c1-13-10-17(11-14(2)21-13)26-16-6-7-23(12-16)15(3)18-4-5-19-20(22-18)25-9-8-24-19/h4-5,10-11,15-16H,6-9,12H2,1-3H3/t15?,16-/m0/s1. The van der Waals surface area contributed by atoms with Crippen LogP contribution in [0.2, 0.25) is 0 Å². The lowest BCUT2D eigenvalue weighted by Gasteiger charge is -2.25. The van der Waals surface area contributed by atoms with Gasteiger partial charge in [-0.2, -0.15) is 0 Å². The highest BCUT2D eigenvalue weighted by atomic mass is 16.6. The van der Waals surface area contributed by atoms with E-state index in [1.165, 1.54) is 0 Å². The van der Waals surface area contributed by atoms with E-state index in [9.17, 15) is 0 Å². The van der Waals surface area contributed by atoms with Gasteiger partial charge in [-0.15, -0.1) is 0 Å². The van der Waals surface area contributed by atoms with Crippen LogP contribution in [0.1, 0.15) is 36.5 Å². The number of pyridine rings is 2. The zero-order valence-electron chi connectivity index (χ0n) is 15.6. The van der Waals surface area contributed by atoms with Crippen LogP contribution in [0.15, 0.2) is 24.3 Å². The Labute approximate surface area is 154 Å². The number of likely N-dealkylation sites (tertiary alicyclic amines) is 1. The molecule has 0 radical (unpaired) electrons. The van der Waals surface area contributed by atoms with Crippen molar-refractivity contribution in [1.82, 2.24) is 14.9 Å². The molecule has 138 valence electrons. The first-order chi connectivity index (χ1) is 12.6. The molecule has 0 N–H and O–H groups in total. The fraction of sp³-hybridized carbons (Fsp3) is 0.500. The summed E-state index contributed by atoms with van der Waals surface area (Å²) in [6.07, 6.45) is 1.20. The SMILES string of the molecule is Cc1cc(O[C@H]2CCN(C(C)c3ccc4c(n3)OCCO4)C2)cc(C)n1. The first kappa shape index (κ1) is 17.1. The number of hydrogen-bond donors (Lipinski definition) is 0. The van der Waals surface area contributed by atoms with E-state index < -0.39 is 0 Å². The summed E-state index contributed by atoms with van der Waals surface area (Å²) in [5.41, 5.74) is 2.98. The van der Waals surface area contributed by atoms with Crippen molar-refractivity contribution in [1.29, 1.82) is 0 Å². The quantitative estimate of drug-likeness (QED) is 0.840. The number of ether oxygens (including phenoxy) is 3. The summed E-state index contributed by atoms with van der Waals surface area (Å²) in [7, 11) is 0. The van der Waals surface area contributed by atoms with Gasteiger partial charge in [-0.05, 0) is 39.3 Å². The van der Waals surface area contributed by atoms with Gasteiger partial charge in [-0.3, -0.25) is 9.88 Å². The molecule has 0 saturated carbocycles. The van der Waals surface area contributed by atoms with Crippen molar-refractivity contribution in [3.8, 4) is 17.4 Å². The molecular formula is C20H25N3O3. The van der Waals surface area contributed by atoms with Crippen LogP contribution in [0, 0.1) is 13.8 Å². The maximum atomic E-state index is 6.20. The van der Waals surface area contributed by atoms with E-state index in [-0.39, 0.29) is 12.1 Å². The number of hydrogen-bond acceptors (Lipinski definition) is 6. The van der Waals surface area contributed by atoms with Gasteiger partial charge in [-0.1, -0.05) is 0 Å². The van der Waals surface area contributed by atoms with Crippen molar-refractivity contribution in [2.75, 3.05) is 26.3 Å². The maximum Gasteiger partial charge on any atom is 0.257 e. The summed E-state index contributed by atoms with van der Waals surface area (Å²) in [4.78, 5) is 11.5. The third-order valence-corrected chi connectivity index (χ3v) is 4.94. The summed E-state index contributed by atoms with van der Waals surface area (Å²) in [6.45, 7) is 9.20. The van der Waals surface area contributed by atoms with Gasteiger partial charge in [0.25, 0.3) is 5.88 Å². The molecule has 4 rings (SSSR count). The number of rotatable bonds is 4. The summed E-state index contributed by atoms with van der Waals surface area (Å²) < 4.78 is 17.4. The molecule has 2 aromatic rings. The molecule has 2 aliphatic rings. The minimum Gasteiger partial charge on any atom is -0.489 e. The van der Waals surface area contributed by atoms with Crippen LogP contribution in [0.4, 0.5) is 0 Å². The first-order valence-electron chi connectivity index (χ1n) is 9.21. The first-order valence-corrected chi connectivity index (χ1v) is 9.21. The molecule has 1 fully saturated rings. The van der Waals surface area contributed by atoms with Crippen molar-refractivity contribution >= 4 is 0 Å². The summed E-state index contributed by atoms with van der Waals surface area (Å²) in [5.74, 6) is 2.25. The highest BCUT2D eigenvalue weighted by Crippen LogP contribution is 2.32. The highest BCUT2D eigenvalue weighted by molar-refractivity contribution is 5.36. The molecule has 2 aliphatic heterocycles. The monoisotopic (exact) mass is 355 g/mol. The third kappa shape index (κ3) is 3.60. The van der Waals surface area contributed by atoms with Crippen LogP contribution in [0.5, 0.6) is 17.4 Å². The molecule has 6 nitrogen and oxygen atoms in total. The van der Waals surface area contributed by atoms with E-state index in [4.69, 9.17) is 14.2 Å². The van der Waals surface area contributed by atoms with Crippen molar-refractivity contribution in [3.63, 3.8) is 0 Å². The zero-order valence-corrected chi connectivity index (χ0v) is 15.6. The van der Waals surface area contributed by atoms with Crippen molar-refractivity contribution in [2.24, 2.45) is 0 Å². The molecule has 0 aromatic carbocycles. The van der Waals surface area contributed by atoms with E-state index in [0.717, 1.165) is 48.1 Å². The second-order valence-electron chi connectivity index (χ2n) is 7.02. The summed E-state index contributed by atoms with van der Waals surface area (Å²) in [6, 6.07) is 8.20. The molecular weight excluding hydrogens is 330 g/mol. The molecule has 2 aromatic heterocycles. The van der Waals surface area contributed by atoms with Crippen molar-refractivity contribution in [2.45, 2.75) is 39.3 Å². The van der Waals surface area contributed by atoms with Gasteiger partial charge < -0.3 is 14.2 Å². The zero-order chi connectivity index (χ0) is 18.1. The number of fused-ring (bicyclic) bond motifs is 1. The van der Waals surface area contributed by atoms with E-state index in [0.29, 0.717) is 19.1 Å².